The van der Waals surface area contributed by atoms with Crippen molar-refractivity contribution in [2.75, 3.05) is 25.2 Å². The summed E-state index contributed by atoms with van der Waals surface area (Å²) in [6.45, 7) is 2.78. The molecular formula is C15H19F2NO3. The third kappa shape index (κ3) is 3.32. The highest BCUT2D eigenvalue weighted by atomic mass is 19.2. The minimum absolute atomic E-state index is 0.0599. The number of ether oxygens (including phenoxy) is 1. The SMILES string of the molecule is COCCN(c1ccc(C(=O)O)c(F)c1F)C(C)C1CC1. The van der Waals surface area contributed by atoms with E-state index in [1.165, 1.54) is 6.07 Å². The number of hydrogen-bond acceptors (Lipinski definition) is 3. The largest absolute Gasteiger partial charge is 0.478 e. The zero-order chi connectivity index (χ0) is 15.6. The van der Waals surface area contributed by atoms with E-state index in [1.807, 2.05) is 6.92 Å². The van der Waals surface area contributed by atoms with Crippen molar-refractivity contribution in [3.63, 3.8) is 0 Å². The minimum atomic E-state index is -1.48. The van der Waals surface area contributed by atoms with Crippen LogP contribution in [0.4, 0.5) is 14.5 Å². The van der Waals surface area contributed by atoms with Crippen LogP contribution in [0.15, 0.2) is 12.1 Å². The van der Waals surface area contributed by atoms with E-state index in [0.29, 0.717) is 19.1 Å². The number of hydrogen-bond donors (Lipinski definition) is 1. The van der Waals surface area contributed by atoms with Crippen LogP contribution >= 0.6 is 0 Å². The van der Waals surface area contributed by atoms with Crippen molar-refractivity contribution in [3.8, 4) is 0 Å². The molecule has 0 saturated heterocycles. The Hall–Kier alpha value is -1.69. The van der Waals surface area contributed by atoms with E-state index >= 15 is 0 Å². The number of carbonyl (C=O) groups is 1. The van der Waals surface area contributed by atoms with Gasteiger partial charge < -0.3 is 14.7 Å². The quantitative estimate of drug-likeness (QED) is 0.841. The summed E-state index contributed by atoms with van der Waals surface area (Å²) in [6, 6.07) is 2.50. The molecule has 1 aromatic rings. The molecule has 0 amide bonds. The number of carboxylic acid groups (broad SMARTS) is 1. The van der Waals surface area contributed by atoms with Gasteiger partial charge in [0.25, 0.3) is 0 Å². The van der Waals surface area contributed by atoms with E-state index in [2.05, 4.69) is 0 Å². The summed E-state index contributed by atoms with van der Waals surface area (Å²) in [6.07, 6.45) is 2.14. The van der Waals surface area contributed by atoms with Gasteiger partial charge in [-0.3, -0.25) is 0 Å². The van der Waals surface area contributed by atoms with E-state index in [-0.39, 0.29) is 11.7 Å². The molecule has 6 heteroatoms. The van der Waals surface area contributed by atoms with Crippen LogP contribution in [0.5, 0.6) is 0 Å². The fourth-order valence-corrected chi connectivity index (χ4v) is 2.49. The van der Waals surface area contributed by atoms with E-state index in [0.717, 1.165) is 18.9 Å². The number of carboxylic acids is 1. The molecule has 1 aliphatic carbocycles. The second-order valence-electron chi connectivity index (χ2n) is 5.33. The molecule has 0 bridgehead atoms. The molecule has 0 aliphatic heterocycles. The van der Waals surface area contributed by atoms with Crippen LogP contribution in [0.1, 0.15) is 30.1 Å². The highest BCUT2D eigenvalue weighted by molar-refractivity contribution is 5.88. The van der Waals surface area contributed by atoms with Crippen molar-refractivity contribution in [1.29, 1.82) is 0 Å². The minimum Gasteiger partial charge on any atom is -0.478 e. The Morgan fingerprint density at radius 2 is 2.10 bits per heavy atom. The highest BCUT2D eigenvalue weighted by Gasteiger charge is 2.33. The highest BCUT2D eigenvalue weighted by Crippen LogP contribution is 2.38. The Labute approximate surface area is 122 Å². The molecule has 1 N–H and O–H groups in total. The molecule has 0 radical (unpaired) electrons. The molecule has 1 unspecified atom stereocenters. The zero-order valence-corrected chi connectivity index (χ0v) is 12.1. The molecule has 4 nitrogen and oxygen atoms in total. The maximum atomic E-state index is 14.2. The van der Waals surface area contributed by atoms with Gasteiger partial charge >= 0.3 is 5.97 Å². The molecule has 0 spiro atoms. The number of nitrogens with zero attached hydrogens (tertiary/aromatic N) is 1. The Balaban J connectivity index is 2.34. The Morgan fingerprint density at radius 3 is 2.62 bits per heavy atom. The van der Waals surface area contributed by atoms with E-state index < -0.39 is 23.2 Å². The van der Waals surface area contributed by atoms with Gasteiger partial charge in [-0.2, -0.15) is 0 Å². The fourth-order valence-electron chi connectivity index (χ4n) is 2.49. The Morgan fingerprint density at radius 1 is 1.43 bits per heavy atom. The Kier molecular flexibility index (Phi) is 4.77. The molecular weight excluding hydrogens is 280 g/mol. The lowest BCUT2D eigenvalue weighted by Gasteiger charge is -2.31. The molecule has 1 aromatic carbocycles. The Bertz CT molecular complexity index is 532. The topological polar surface area (TPSA) is 49.8 Å². The third-order valence-corrected chi connectivity index (χ3v) is 3.93. The van der Waals surface area contributed by atoms with E-state index in [1.54, 1.807) is 12.0 Å². The molecule has 1 saturated carbocycles. The number of halogens is 2. The normalized spacial score (nSPS) is 15.8. The van der Waals surface area contributed by atoms with Crippen molar-refractivity contribution in [3.05, 3.63) is 29.3 Å². The molecule has 1 atom stereocenters. The maximum Gasteiger partial charge on any atom is 0.338 e. The van der Waals surface area contributed by atoms with Crippen LogP contribution in [-0.4, -0.2) is 37.4 Å². The first-order valence-corrected chi connectivity index (χ1v) is 6.94. The van der Waals surface area contributed by atoms with E-state index in [4.69, 9.17) is 9.84 Å². The summed E-state index contributed by atoms with van der Waals surface area (Å²) in [5.74, 6) is -3.44. The smallest absolute Gasteiger partial charge is 0.338 e. The molecule has 0 heterocycles. The second kappa shape index (κ2) is 6.39. The van der Waals surface area contributed by atoms with Gasteiger partial charge in [0.1, 0.15) is 0 Å². The first kappa shape index (κ1) is 15.7. The third-order valence-electron chi connectivity index (χ3n) is 3.93. The van der Waals surface area contributed by atoms with E-state index in [9.17, 15) is 13.6 Å². The van der Waals surface area contributed by atoms with Crippen molar-refractivity contribution in [2.45, 2.75) is 25.8 Å². The maximum absolute atomic E-state index is 14.2. The van der Waals surface area contributed by atoms with Crippen LogP contribution < -0.4 is 4.90 Å². The average molecular weight is 299 g/mol. The summed E-state index contributed by atoms with van der Waals surface area (Å²) in [5.41, 5.74) is -0.559. The molecule has 2 rings (SSSR count). The number of aromatic carboxylic acids is 1. The van der Waals surface area contributed by atoms with Crippen molar-refractivity contribution >= 4 is 11.7 Å². The van der Waals surface area contributed by atoms with Gasteiger partial charge in [-0.25, -0.2) is 13.6 Å². The lowest BCUT2D eigenvalue weighted by Crippen LogP contribution is -2.38. The standard InChI is InChI=1S/C15H19F2NO3/c1-9(10-3-4-10)18(7-8-21-2)12-6-5-11(15(19)20)13(16)14(12)17/h5-6,9-10H,3-4,7-8H2,1-2H3,(H,19,20). The second-order valence-corrected chi connectivity index (χ2v) is 5.33. The number of rotatable bonds is 7. The van der Waals surface area contributed by atoms with Gasteiger partial charge in [0.15, 0.2) is 11.6 Å². The predicted octanol–water partition coefficient (Wildman–Crippen LogP) is 2.91. The predicted molar refractivity (Wildman–Crippen MR) is 74.7 cm³/mol. The van der Waals surface area contributed by atoms with Gasteiger partial charge in [-0.15, -0.1) is 0 Å². The molecule has 21 heavy (non-hydrogen) atoms. The van der Waals surface area contributed by atoms with Gasteiger partial charge in [0, 0.05) is 19.7 Å². The molecule has 0 aromatic heterocycles. The van der Waals surface area contributed by atoms with Crippen LogP contribution in [0.25, 0.3) is 0 Å². The zero-order valence-electron chi connectivity index (χ0n) is 12.1. The molecule has 1 aliphatic rings. The van der Waals surface area contributed by atoms with Crippen molar-refractivity contribution in [2.24, 2.45) is 5.92 Å². The summed E-state index contributed by atoms with van der Waals surface area (Å²) < 4.78 is 33.1. The summed E-state index contributed by atoms with van der Waals surface area (Å²) in [5, 5.41) is 8.83. The van der Waals surface area contributed by atoms with Crippen LogP contribution in [0.2, 0.25) is 0 Å². The average Bonchev–Trinajstić information content (AvgIpc) is 3.27. The first-order chi connectivity index (χ1) is 9.97. The van der Waals surface area contributed by atoms with Crippen LogP contribution in [-0.2, 0) is 4.74 Å². The fraction of sp³-hybridized carbons (Fsp3) is 0.533. The first-order valence-electron chi connectivity index (χ1n) is 6.94. The van der Waals surface area contributed by atoms with Crippen molar-refractivity contribution < 1.29 is 23.4 Å². The summed E-state index contributed by atoms with van der Waals surface area (Å²) in [7, 11) is 1.55. The molecule has 1 fully saturated rings. The molecule has 116 valence electrons. The van der Waals surface area contributed by atoms with Gasteiger partial charge in [0.05, 0.1) is 17.9 Å². The lowest BCUT2D eigenvalue weighted by atomic mass is 10.1. The monoisotopic (exact) mass is 299 g/mol. The number of anilines is 1. The number of benzene rings is 1. The summed E-state index contributed by atoms with van der Waals surface area (Å²) in [4.78, 5) is 12.6. The van der Waals surface area contributed by atoms with Crippen molar-refractivity contribution in [1.82, 2.24) is 0 Å². The number of methoxy groups -OCH3 is 1. The van der Waals surface area contributed by atoms with Gasteiger partial charge in [-0.1, -0.05) is 0 Å². The van der Waals surface area contributed by atoms with Gasteiger partial charge in [0.2, 0.25) is 0 Å². The summed E-state index contributed by atoms with van der Waals surface area (Å²) >= 11 is 0. The van der Waals surface area contributed by atoms with Crippen LogP contribution in [0, 0.1) is 17.6 Å². The van der Waals surface area contributed by atoms with Crippen LogP contribution in [0.3, 0.4) is 0 Å². The van der Waals surface area contributed by atoms with Gasteiger partial charge in [-0.05, 0) is 37.8 Å². The lowest BCUT2D eigenvalue weighted by molar-refractivity contribution is 0.0690.